The molecule has 4 N–H and O–H groups in total. The summed E-state index contributed by atoms with van der Waals surface area (Å²) in [5.74, 6) is 2.80. The third-order valence-corrected chi connectivity index (χ3v) is 8.47. The van der Waals surface area contributed by atoms with Gasteiger partial charge in [-0.15, -0.1) is 0 Å². The summed E-state index contributed by atoms with van der Waals surface area (Å²) in [6.07, 6.45) is 10.4. The quantitative estimate of drug-likeness (QED) is 0.658. The van der Waals surface area contributed by atoms with Crippen molar-refractivity contribution in [3.05, 3.63) is 0 Å². The molecule has 4 aliphatic rings. The molecule has 4 rings (SSSR count). The highest BCUT2D eigenvalue weighted by Gasteiger charge is 2.39. The Morgan fingerprint density at radius 3 is 2.24 bits per heavy atom. The summed E-state index contributed by atoms with van der Waals surface area (Å²) in [6, 6.07) is 0.331. The molecule has 2 aliphatic heterocycles. The molecule has 2 aliphatic carbocycles. The number of hydrogen-bond donors (Lipinski definition) is 3. The largest absolute Gasteiger partial charge is 0.389 e. The topological polar surface area (TPSA) is 90.0 Å². The van der Waals surface area contributed by atoms with E-state index in [-0.39, 0.29) is 5.92 Å². The van der Waals surface area contributed by atoms with E-state index in [2.05, 4.69) is 9.80 Å². The first-order chi connectivity index (χ1) is 14.0. The molecule has 0 aromatic heterocycles. The van der Waals surface area contributed by atoms with Crippen LogP contribution in [0.3, 0.4) is 0 Å². The Balaban J connectivity index is 1.26. The van der Waals surface area contributed by atoms with Gasteiger partial charge in [0.05, 0.1) is 12.2 Å². The molecule has 29 heavy (non-hydrogen) atoms. The molecular formula is C23H41N3O3. The lowest BCUT2D eigenvalue weighted by molar-refractivity contribution is -0.139. The van der Waals surface area contributed by atoms with Crippen LogP contribution < -0.4 is 5.73 Å². The van der Waals surface area contributed by atoms with Crippen molar-refractivity contribution >= 4 is 5.91 Å². The smallest absolute Gasteiger partial charge is 0.225 e. The molecule has 0 aromatic rings. The Morgan fingerprint density at radius 2 is 1.55 bits per heavy atom. The summed E-state index contributed by atoms with van der Waals surface area (Å²) in [4.78, 5) is 17.6. The van der Waals surface area contributed by atoms with Crippen LogP contribution in [0, 0.1) is 23.7 Å². The molecule has 4 fully saturated rings. The van der Waals surface area contributed by atoms with Crippen LogP contribution in [0.15, 0.2) is 0 Å². The van der Waals surface area contributed by atoms with Crippen LogP contribution in [-0.4, -0.2) is 76.9 Å². The van der Waals surface area contributed by atoms with Crippen LogP contribution in [0.25, 0.3) is 0 Å². The summed E-state index contributed by atoms with van der Waals surface area (Å²) in [5, 5.41) is 19.7. The number of nitrogens with zero attached hydrogens (tertiary/aromatic N) is 2. The van der Waals surface area contributed by atoms with Crippen LogP contribution in [0.5, 0.6) is 0 Å². The third-order valence-electron chi connectivity index (χ3n) is 8.47. The van der Waals surface area contributed by atoms with Gasteiger partial charge in [0.25, 0.3) is 0 Å². The summed E-state index contributed by atoms with van der Waals surface area (Å²) in [5.41, 5.74) is 5.93. The van der Waals surface area contributed by atoms with Crippen molar-refractivity contribution < 1.29 is 15.0 Å². The number of likely N-dealkylation sites (tertiary alicyclic amines) is 2. The number of piperidine rings is 1. The molecule has 1 amide bonds. The third kappa shape index (κ3) is 4.97. The fraction of sp³-hybridized carbons (Fsp3) is 0.957. The minimum atomic E-state index is -0.635. The first-order valence-electron chi connectivity index (χ1n) is 12.1. The van der Waals surface area contributed by atoms with Gasteiger partial charge in [0.1, 0.15) is 0 Å². The molecular weight excluding hydrogens is 366 g/mol. The van der Waals surface area contributed by atoms with Gasteiger partial charge in [-0.25, -0.2) is 0 Å². The Hall–Kier alpha value is -0.690. The molecule has 2 heterocycles. The number of nitrogens with two attached hydrogens (primary N) is 1. The monoisotopic (exact) mass is 407 g/mol. The van der Waals surface area contributed by atoms with Gasteiger partial charge in [0.15, 0.2) is 0 Å². The van der Waals surface area contributed by atoms with Crippen molar-refractivity contribution in [3.63, 3.8) is 0 Å². The van der Waals surface area contributed by atoms with Crippen molar-refractivity contribution in [1.29, 1.82) is 0 Å². The van der Waals surface area contributed by atoms with E-state index in [4.69, 9.17) is 5.73 Å². The molecule has 2 saturated heterocycles. The molecule has 0 spiro atoms. The number of rotatable bonds is 4. The first-order valence-corrected chi connectivity index (χ1v) is 12.1. The molecule has 166 valence electrons. The van der Waals surface area contributed by atoms with Gasteiger partial charge in [-0.05, 0) is 69.2 Å². The number of β-amino-alcohol motifs (C(OH)–C–C–N with tert-alkyl or cyclic N) is 2. The lowest BCUT2D eigenvalue weighted by Gasteiger charge is -2.41. The second kappa shape index (κ2) is 9.63. The van der Waals surface area contributed by atoms with Crippen LogP contribution in [0.1, 0.15) is 64.2 Å². The molecule has 6 atom stereocenters. The van der Waals surface area contributed by atoms with Crippen molar-refractivity contribution in [2.45, 2.75) is 82.5 Å². The molecule has 2 saturated carbocycles. The zero-order valence-corrected chi connectivity index (χ0v) is 17.9. The zero-order valence-electron chi connectivity index (χ0n) is 17.9. The molecule has 0 radical (unpaired) electrons. The lowest BCUT2D eigenvalue weighted by atomic mass is 9.72. The van der Waals surface area contributed by atoms with E-state index in [1.165, 1.54) is 25.7 Å². The Morgan fingerprint density at radius 1 is 0.862 bits per heavy atom. The predicted molar refractivity (Wildman–Crippen MR) is 113 cm³/mol. The van der Waals surface area contributed by atoms with Crippen LogP contribution in [0.2, 0.25) is 0 Å². The highest BCUT2D eigenvalue weighted by Crippen LogP contribution is 2.39. The standard InChI is InChI=1S/C23H41N3O3/c24-13-16-3-1-4-18(11-16)17-7-9-25(10-8-17)23(29)19-5-2-6-20(12-19)26-14-21(27)22(28)15-26/h16-22,27-28H,1-15,24H2/t16?,18?,19?,20?,21-,22+. The normalized spacial score (nSPS) is 40.3. The van der Waals surface area contributed by atoms with E-state index in [0.717, 1.165) is 75.9 Å². The van der Waals surface area contributed by atoms with Gasteiger partial charge in [-0.2, -0.15) is 0 Å². The van der Waals surface area contributed by atoms with Gasteiger partial charge in [-0.1, -0.05) is 19.3 Å². The second-order valence-corrected chi connectivity index (χ2v) is 10.3. The number of hydrogen-bond acceptors (Lipinski definition) is 5. The maximum absolute atomic E-state index is 13.2. The molecule has 0 bridgehead atoms. The molecule has 0 aromatic carbocycles. The molecule has 4 unspecified atom stereocenters. The first kappa shape index (κ1) is 21.5. The number of carbonyl (C=O) groups excluding carboxylic acids is 1. The maximum Gasteiger partial charge on any atom is 0.225 e. The van der Waals surface area contributed by atoms with Gasteiger partial charge in [-0.3, -0.25) is 9.69 Å². The lowest BCUT2D eigenvalue weighted by Crippen LogP contribution is -2.46. The van der Waals surface area contributed by atoms with E-state index in [1.54, 1.807) is 0 Å². The summed E-state index contributed by atoms with van der Waals surface area (Å²) < 4.78 is 0. The van der Waals surface area contributed by atoms with Gasteiger partial charge in [0.2, 0.25) is 5.91 Å². The van der Waals surface area contributed by atoms with Crippen molar-refractivity contribution in [1.82, 2.24) is 9.80 Å². The Kier molecular flexibility index (Phi) is 7.15. The fourth-order valence-electron chi connectivity index (χ4n) is 6.64. The van der Waals surface area contributed by atoms with Crippen LogP contribution in [-0.2, 0) is 4.79 Å². The average molecular weight is 408 g/mol. The number of amides is 1. The van der Waals surface area contributed by atoms with Crippen LogP contribution >= 0.6 is 0 Å². The van der Waals surface area contributed by atoms with E-state index in [9.17, 15) is 15.0 Å². The predicted octanol–water partition coefficient (Wildman–Crippen LogP) is 1.59. The fourth-order valence-corrected chi connectivity index (χ4v) is 6.64. The second-order valence-electron chi connectivity index (χ2n) is 10.3. The van der Waals surface area contributed by atoms with E-state index in [1.807, 2.05) is 0 Å². The van der Waals surface area contributed by atoms with Crippen molar-refractivity contribution in [2.24, 2.45) is 29.4 Å². The minimum absolute atomic E-state index is 0.122. The maximum atomic E-state index is 13.2. The van der Waals surface area contributed by atoms with E-state index >= 15 is 0 Å². The van der Waals surface area contributed by atoms with Crippen LogP contribution in [0.4, 0.5) is 0 Å². The Bertz CT molecular complexity index is 541. The van der Waals surface area contributed by atoms with E-state index < -0.39 is 12.2 Å². The number of aliphatic hydroxyl groups is 2. The van der Waals surface area contributed by atoms with Gasteiger partial charge < -0.3 is 20.8 Å². The average Bonchev–Trinajstić information content (AvgIpc) is 3.12. The van der Waals surface area contributed by atoms with Crippen molar-refractivity contribution in [3.8, 4) is 0 Å². The zero-order chi connectivity index (χ0) is 20.4. The van der Waals surface area contributed by atoms with Gasteiger partial charge in [0, 0.05) is 38.1 Å². The summed E-state index contributed by atoms with van der Waals surface area (Å²) in [7, 11) is 0. The van der Waals surface area contributed by atoms with E-state index in [0.29, 0.717) is 25.0 Å². The summed E-state index contributed by atoms with van der Waals surface area (Å²) >= 11 is 0. The minimum Gasteiger partial charge on any atom is -0.389 e. The number of carbonyl (C=O) groups is 1. The summed E-state index contributed by atoms with van der Waals surface area (Å²) in [6.45, 7) is 3.78. The Labute approximate surface area is 175 Å². The van der Waals surface area contributed by atoms with Gasteiger partial charge >= 0.3 is 0 Å². The molecule has 6 nitrogen and oxygen atoms in total. The SMILES string of the molecule is NCC1CCCC(C2CCN(C(=O)C3CCCC(N4C[C@@H](O)[C@@H](O)C4)C3)CC2)C1. The highest BCUT2D eigenvalue weighted by molar-refractivity contribution is 5.79. The van der Waals surface area contributed by atoms with Crippen molar-refractivity contribution in [2.75, 3.05) is 32.7 Å². The highest BCUT2D eigenvalue weighted by atomic mass is 16.3. The molecule has 6 heteroatoms. The number of aliphatic hydroxyl groups excluding tert-OH is 2.